The minimum absolute atomic E-state index is 0.164. The van der Waals surface area contributed by atoms with Gasteiger partial charge in [-0.3, -0.25) is 19.7 Å². The fraction of sp³-hybridized carbons (Fsp3) is 0.167. The lowest BCUT2D eigenvalue weighted by Crippen LogP contribution is -2.23. The average molecular weight is 454 g/mol. The Bertz CT molecular complexity index is 1200. The second-order valence-corrected chi connectivity index (χ2v) is 7.61. The predicted molar refractivity (Wildman–Crippen MR) is 109 cm³/mol. The van der Waals surface area contributed by atoms with Gasteiger partial charge in [0.15, 0.2) is 4.80 Å². The molecule has 0 bridgehead atoms. The van der Waals surface area contributed by atoms with Crippen LogP contribution in [-0.4, -0.2) is 28.0 Å². The van der Waals surface area contributed by atoms with E-state index in [9.17, 15) is 19.7 Å². The van der Waals surface area contributed by atoms with Crippen molar-refractivity contribution in [1.82, 2.24) is 4.57 Å². The van der Waals surface area contributed by atoms with Gasteiger partial charge in [0.05, 0.1) is 21.7 Å². The number of rotatable bonds is 5. The second kappa shape index (κ2) is 8.73. The first-order valence-corrected chi connectivity index (χ1v) is 9.85. The number of amides is 1. The lowest BCUT2D eigenvalue weighted by molar-refractivity contribution is -0.385. The highest BCUT2D eigenvalue weighted by Crippen LogP contribution is 2.25. The molecule has 0 aliphatic heterocycles. The van der Waals surface area contributed by atoms with Gasteiger partial charge in [0.2, 0.25) is 0 Å². The minimum atomic E-state index is -0.852. The van der Waals surface area contributed by atoms with Crippen molar-refractivity contribution in [3.05, 3.63) is 66.9 Å². The first-order chi connectivity index (χ1) is 13.8. The largest absolute Gasteiger partial charge is 0.465 e. The molecule has 11 heteroatoms. The summed E-state index contributed by atoms with van der Waals surface area (Å²) in [6.45, 7) is 1.70. The number of carbonyl (C=O) groups excluding carboxylic acids is 2. The molecule has 3 rings (SSSR count). The Morgan fingerprint density at radius 3 is 2.59 bits per heavy atom. The molecule has 1 aromatic heterocycles. The summed E-state index contributed by atoms with van der Waals surface area (Å²) < 4.78 is 7.18. The van der Waals surface area contributed by atoms with Crippen molar-refractivity contribution in [2.24, 2.45) is 4.99 Å². The number of esters is 1. The van der Waals surface area contributed by atoms with Crippen LogP contribution in [-0.2, 0) is 16.1 Å². The van der Waals surface area contributed by atoms with Gasteiger partial charge >= 0.3 is 5.97 Å². The summed E-state index contributed by atoms with van der Waals surface area (Å²) in [6.07, 6.45) is 0. The highest BCUT2D eigenvalue weighted by molar-refractivity contribution is 7.16. The van der Waals surface area contributed by atoms with E-state index in [0.29, 0.717) is 15.2 Å². The van der Waals surface area contributed by atoms with Crippen molar-refractivity contribution in [3.63, 3.8) is 0 Å². The molecular weight excluding hydrogens is 441 g/mol. The van der Waals surface area contributed by atoms with Crippen LogP contribution in [0.15, 0.2) is 41.4 Å². The van der Waals surface area contributed by atoms with E-state index in [-0.39, 0.29) is 28.5 Å². The molecular formula is C18H13Cl2N3O5S. The molecule has 0 unspecified atom stereocenters. The molecule has 150 valence electrons. The zero-order valence-electron chi connectivity index (χ0n) is 14.9. The van der Waals surface area contributed by atoms with Crippen LogP contribution >= 0.6 is 34.5 Å². The Morgan fingerprint density at radius 1 is 1.21 bits per heavy atom. The molecule has 0 atom stereocenters. The van der Waals surface area contributed by atoms with Gasteiger partial charge < -0.3 is 9.30 Å². The number of ether oxygens (including phenoxy) is 1. The van der Waals surface area contributed by atoms with Crippen molar-refractivity contribution in [3.8, 4) is 0 Å². The summed E-state index contributed by atoms with van der Waals surface area (Å²) >= 11 is 13.0. The van der Waals surface area contributed by atoms with E-state index in [1.54, 1.807) is 25.1 Å². The number of nitro benzene ring substituents is 1. The Hall–Kier alpha value is -2.75. The van der Waals surface area contributed by atoms with Gasteiger partial charge in [0.1, 0.15) is 12.1 Å². The van der Waals surface area contributed by atoms with Crippen molar-refractivity contribution in [2.45, 2.75) is 13.5 Å². The van der Waals surface area contributed by atoms with Gasteiger partial charge in [-0.1, -0.05) is 34.5 Å². The number of hydrogen-bond acceptors (Lipinski definition) is 6. The van der Waals surface area contributed by atoms with Crippen LogP contribution in [0.3, 0.4) is 0 Å². The Kier molecular flexibility index (Phi) is 6.31. The molecule has 0 saturated carbocycles. The summed E-state index contributed by atoms with van der Waals surface area (Å²) in [7, 11) is 0. The second-order valence-electron chi connectivity index (χ2n) is 5.72. The normalized spacial score (nSPS) is 11.6. The number of nitrogens with zero attached hydrogens (tertiary/aromatic N) is 3. The molecule has 2 aromatic carbocycles. The highest BCUT2D eigenvalue weighted by atomic mass is 35.5. The number of thiazole rings is 1. The van der Waals surface area contributed by atoms with E-state index in [4.69, 9.17) is 27.9 Å². The Balaban J connectivity index is 2.17. The molecule has 1 amide bonds. The molecule has 29 heavy (non-hydrogen) atoms. The maximum atomic E-state index is 12.7. The van der Waals surface area contributed by atoms with Crippen LogP contribution in [0.2, 0.25) is 10.0 Å². The van der Waals surface area contributed by atoms with Crippen LogP contribution in [0.5, 0.6) is 0 Å². The Labute approximate surface area is 178 Å². The summed E-state index contributed by atoms with van der Waals surface area (Å²) in [6, 6.07) is 8.66. The van der Waals surface area contributed by atoms with Crippen LogP contribution in [0.1, 0.15) is 17.3 Å². The number of benzene rings is 2. The lowest BCUT2D eigenvalue weighted by atomic mass is 10.2. The molecule has 0 radical (unpaired) electrons. The standard InChI is InChI=1S/C18H13Cl2N3O5S/c1-2-28-16(24)9-22-14-6-4-11(20)8-15(14)29-18(22)21-17(25)12-7-10(19)3-5-13(12)23(26)27/h3-8H,2,9H2,1H3. The fourth-order valence-electron chi connectivity index (χ4n) is 2.61. The summed E-state index contributed by atoms with van der Waals surface area (Å²) in [4.78, 5) is 39.5. The Morgan fingerprint density at radius 2 is 1.90 bits per heavy atom. The van der Waals surface area contributed by atoms with Crippen molar-refractivity contribution in [1.29, 1.82) is 0 Å². The first kappa shape index (κ1) is 21.0. The zero-order valence-corrected chi connectivity index (χ0v) is 17.3. The minimum Gasteiger partial charge on any atom is -0.465 e. The SMILES string of the molecule is CCOC(=O)Cn1c(=NC(=O)c2cc(Cl)ccc2[N+](=O)[O-])sc2cc(Cl)ccc21. The average Bonchev–Trinajstić information content (AvgIpc) is 2.97. The van der Waals surface area contributed by atoms with E-state index in [2.05, 4.69) is 4.99 Å². The third-order valence-corrected chi connectivity index (χ3v) is 5.33. The molecule has 0 aliphatic rings. The number of aromatic nitrogens is 1. The molecule has 0 fully saturated rings. The van der Waals surface area contributed by atoms with Gasteiger partial charge in [-0.15, -0.1) is 0 Å². The molecule has 1 heterocycles. The summed E-state index contributed by atoms with van der Waals surface area (Å²) in [5.74, 6) is -1.36. The first-order valence-electron chi connectivity index (χ1n) is 8.27. The van der Waals surface area contributed by atoms with Gasteiger partial charge in [-0.25, -0.2) is 0 Å². The van der Waals surface area contributed by atoms with Crippen molar-refractivity contribution in [2.75, 3.05) is 6.61 Å². The van der Waals surface area contributed by atoms with Crippen LogP contribution < -0.4 is 4.80 Å². The molecule has 3 aromatic rings. The maximum Gasteiger partial charge on any atom is 0.326 e. The smallest absolute Gasteiger partial charge is 0.326 e. The van der Waals surface area contributed by atoms with E-state index in [1.165, 1.54) is 16.7 Å². The van der Waals surface area contributed by atoms with Crippen LogP contribution in [0.4, 0.5) is 5.69 Å². The predicted octanol–water partition coefficient (Wildman–Crippen LogP) is 4.22. The lowest BCUT2D eigenvalue weighted by Gasteiger charge is -2.05. The van der Waals surface area contributed by atoms with E-state index < -0.39 is 22.5 Å². The quantitative estimate of drug-likeness (QED) is 0.326. The molecule has 0 saturated heterocycles. The third-order valence-electron chi connectivity index (χ3n) is 3.82. The molecule has 8 nitrogen and oxygen atoms in total. The maximum absolute atomic E-state index is 12.7. The van der Waals surface area contributed by atoms with Gasteiger partial charge in [0, 0.05) is 16.1 Å². The van der Waals surface area contributed by atoms with E-state index in [1.807, 2.05) is 0 Å². The zero-order chi connectivity index (χ0) is 21.1. The number of fused-ring (bicyclic) bond motifs is 1. The summed E-state index contributed by atoms with van der Waals surface area (Å²) in [5, 5.41) is 11.9. The highest BCUT2D eigenvalue weighted by Gasteiger charge is 2.21. The number of halogens is 2. The fourth-order valence-corrected chi connectivity index (χ4v) is 4.08. The third kappa shape index (κ3) is 4.64. The number of nitro groups is 1. The molecule has 0 spiro atoms. The van der Waals surface area contributed by atoms with Crippen LogP contribution in [0, 0.1) is 10.1 Å². The molecule has 0 aliphatic carbocycles. The van der Waals surface area contributed by atoms with Gasteiger partial charge in [-0.2, -0.15) is 4.99 Å². The van der Waals surface area contributed by atoms with Gasteiger partial charge in [0.25, 0.3) is 11.6 Å². The van der Waals surface area contributed by atoms with Gasteiger partial charge in [-0.05, 0) is 37.3 Å². The summed E-state index contributed by atoms with van der Waals surface area (Å²) in [5.41, 5.74) is -0.0375. The number of carbonyl (C=O) groups is 2. The van der Waals surface area contributed by atoms with E-state index in [0.717, 1.165) is 17.4 Å². The van der Waals surface area contributed by atoms with Crippen molar-refractivity contribution >= 4 is 62.3 Å². The van der Waals surface area contributed by atoms with Crippen molar-refractivity contribution < 1.29 is 19.2 Å². The van der Waals surface area contributed by atoms with Crippen LogP contribution in [0.25, 0.3) is 10.2 Å². The van der Waals surface area contributed by atoms with E-state index >= 15 is 0 Å². The molecule has 0 N–H and O–H groups in total. The topological polar surface area (TPSA) is 104 Å². The number of hydrogen-bond donors (Lipinski definition) is 0. The monoisotopic (exact) mass is 453 g/mol.